The maximum atomic E-state index is 13.6. The van der Waals surface area contributed by atoms with Crippen LogP contribution in [-0.2, 0) is 35.9 Å². The van der Waals surface area contributed by atoms with Crippen LogP contribution in [-0.4, -0.2) is 54.2 Å². The van der Waals surface area contributed by atoms with Gasteiger partial charge in [-0.1, -0.05) is 140 Å². The van der Waals surface area contributed by atoms with E-state index in [2.05, 4.69) is 5.32 Å². The van der Waals surface area contributed by atoms with Gasteiger partial charge in [-0.25, -0.2) is 4.79 Å². The van der Waals surface area contributed by atoms with E-state index < -0.39 is 48.1 Å². The van der Waals surface area contributed by atoms with Crippen molar-refractivity contribution in [1.82, 2.24) is 5.32 Å². The van der Waals surface area contributed by atoms with Crippen molar-refractivity contribution in [3.63, 3.8) is 0 Å². The highest BCUT2D eigenvalue weighted by Crippen LogP contribution is 2.41. The second-order valence-electron chi connectivity index (χ2n) is 11.9. The van der Waals surface area contributed by atoms with Crippen molar-refractivity contribution in [3.8, 4) is 0 Å². The van der Waals surface area contributed by atoms with E-state index >= 15 is 0 Å². The summed E-state index contributed by atoms with van der Waals surface area (Å²) in [5, 5.41) is 14.2. The normalized spacial score (nSPS) is 20.7. The van der Waals surface area contributed by atoms with Gasteiger partial charge in [0, 0.05) is 6.92 Å². The summed E-state index contributed by atoms with van der Waals surface area (Å²) in [6, 6.07) is 46.6. The number of aliphatic hydroxyl groups is 1. The van der Waals surface area contributed by atoms with E-state index in [4.69, 9.17) is 18.9 Å². The van der Waals surface area contributed by atoms with Crippen molar-refractivity contribution >= 4 is 11.9 Å². The predicted octanol–water partition coefficient (Wildman–Crippen LogP) is 6.03. The first-order valence-corrected chi connectivity index (χ1v) is 16.3. The first-order valence-electron chi connectivity index (χ1n) is 16.3. The van der Waals surface area contributed by atoms with Gasteiger partial charge < -0.3 is 29.4 Å². The fourth-order valence-corrected chi connectivity index (χ4v) is 6.29. The second kappa shape index (κ2) is 15.9. The molecule has 1 amide bonds. The third-order valence-corrected chi connectivity index (χ3v) is 8.58. The van der Waals surface area contributed by atoms with E-state index in [1.165, 1.54) is 6.92 Å². The maximum Gasteiger partial charge on any atom is 0.338 e. The molecule has 6 rings (SSSR count). The lowest BCUT2D eigenvalue weighted by atomic mass is 9.80. The molecule has 250 valence electrons. The van der Waals surface area contributed by atoms with Gasteiger partial charge in [-0.3, -0.25) is 4.79 Å². The zero-order valence-electron chi connectivity index (χ0n) is 27.1. The van der Waals surface area contributed by atoms with Crippen LogP contribution in [0.15, 0.2) is 152 Å². The van der Waals surface area contributed by atoms with Gasteiger partial charge in [0.25, 0.3) is 0 Å². The molecule has 0 aliphatic carbocycles. The zero-order chi connectivity index (χ0) is 34.1. The Balaban J connectivity index is 1.41. The standard InChI is InChI=1S/C41H39NO7/c1-29(43)42-36-38(46-27-30-17-7-2-8-18-30)37(49-39(44)31-19-9-3-10-20-31)35(48-40(36)45)28-47-41(32-21-11-4-12-22-32,33-23-13-5-14-24-33)34-25-15-6-16-26-34/h2-26,35-38,40,45H,27-28H2,1H3,(H,42,43). The summed E-state index contributed by atoms with van der Waals surface area (Å²) in [5.41, 5.74) is 2.69. The van der Waals surface area contributed by atoms with Gasteiger partial charge >= 0.3 is 5.97 Å². The topological polar surface area (TPSA) is 103 Å². The number of rotatable bonds is 12. The van der Waals surface area contributed by atoms with Crippen molar-refractivity contribution in [2.45, 2.75) is 49.8 Å². The minimum Gasteiger partial charge on any atom is -0.453 e. The number of hydrogen-bond donors (Lipinski definition) is 2. The Morgan fingerprint density at radius 3 is 1.65 bits per heavy atom. The summed E-state index contributed by atoms with van der Waals surface area (Å²) in [6.45, 7) is 1.35. The quantitative estimate of drug-likeness (QED) is 0.125. The molecule has 2 N–H and O–H groups in total. The molecule has 1 fully saturated rings. The van der Waals surface area contributed by atoms with Crippen LogP contribution in [0.1, 0.15) is 39.5 Å². The van der Waals surface area contributed by atoms with E-state index in [9.17, 15) is 14.7 Å². The van der Waals surface area contributed by atoms with Gasteiger partial charge in [-0.05, 0) is 34.4 Å². The summed E-state index contributed by atoms with van der Waals surface area (Å²) in [7, 11) is 0. The molecule has 5 aromatic carbocycles. The number of aliphatic hydroxyl groups excluding tert-OH is 1. The molecule has 49 heavy (non-hydrogen) atoms. The Morgan fingerprint density at radius 1 is 0.694 bits per heavy atom. The molecule has 1 aliphatic heterocycles. The van der Waals surface area contributed by atoms with Crippen LogP contribution in [0.2, 0.25) is 0 Å². The number of esters is 1. The molecule has 0 aromatic heterocycles. The Labute approximate surface area is 286 Å². The fourth-order valence-electron chi connectivity index (χ4n) is 6.29. The lowest BCUT2D eigenvalue weighted by Crippen LogP contribution is -2.66. The van der Waals surface area contributed by atoms with Gasteiger partial charge in [-0.2, -0.15) is 0 Å². The van der Waals surface area contributed by atoms with Gasteiger partial charge in [0.15, 0.2) is 12.4 Å². The highest BCUT2D eigenvalue weighted by molar-refractivity contribution is 5.89. The molecule has 1 heterocycles. The number of amides is 1. The predicted molar refractivity (Wildman–Crippen MR) is 184 cm³/mol. The highest BCUT2D eigenvalue weighted by Gasteiger charge is 2.50. The van der Waals surface area contributed by atoms with Crippen LogP contribution in [0.4, 0.5) is 0 Å². The molecule has 0 bridgehead atoms. The summed E-state index contributed by atoms with van der Waals surface area (Å²) >= 11 is 0. The minimum absolute atomic E-state index is 0.125. The summed E-state index contributed by atoms with van der Waals surface area (Å²) in [6.07, 6.45) is -4.61. The SMILES string of the molecule is CC(=O)NC1C(O)OC(COC(c2ccccc2)(c2ccccc2)c2ccccc2)C(OC(=O)c2ccccc2)C1OCc1ccccc1. The fraction of sp³-hybridized carbons (Fsp3) is 0.220. The van der Waals surface area contributed by atoms with Gasteiger partial charge in [0.05, 0.1) is 18.8 Å². The third-order valence-electron chi connectivity index (χ3n) is 8.58. The van der Waals surface area contributed by atoms with Crippen LogP contribution in [0.25, 0.3) is 0 Å². The van der Waals surface area contributed by atoms with Crippen molar-refractivity contribution in [2.75, 3.05) is 6.61 Å². The van der Waals surface area contributed by atoms with Crippen LogP contribution < -0.4 is 5.32 Å². The Morgan fingerprint density at radius 2 is 1.16 bits per heavy atom. The van der Waals surface area contributed by atoms with E-state index in [0.29, 0.717) is 5.56 Å². The van der Waals surface area contributed by atoms with Crippen molar-refractivity contribution in [1.29, 1.82) is 0 Å². The van der Waals surface area contributed by atoms with Crippen molar-refractivity contribution in [3.05, 3.63) is 179 Å². The Bertz CT molecular complexity index is 1680. The average Bonchev–Trinajstić information content (AvgIpc) is 3.15. The summed E-state index contributed by atoms with van der Waals surface area (Å²) < 4.78 is 25.9. The van der Waals surface area contributed by atoms with Gasteiger partial charge in [0.2, 0.25) is 5.91 Å². The number of carbonyl (C=O) groups excluding carboxylic acids is 2. The molecule has 0 spiro atoms. The van der Waals surface area contributed by atoms with Crippen molar-refractivity contribution < 1.29 is 33.6 Å². The van der Waals surface area contributed by atoms with E-state index in [-0.39, 0.29) is 13.2 Å². The number of hydrogen-bond acceptors (Lipinski definition) is 7. The summed E-state index contributed by atoms with van der Waals surface area (Å²) in [4.78, 5) is 26.0. The van der Waals surface area contributed by atoms with Gasteiger partial charge in [-0.15, -0.1) is 0 Å². The molecule has 1 aliphatic rings. The lowest BCUT2D eigenvalue weighted by Gasteiger charge is -2.45. The highest BCUT2D eigenvalue weighted by atomic mass is 16.7. The maximum absolute atomic E-state index is 13.6. The zero-order valence-corrected chi connectivity index (χ0v) is 27.1. The smallest absolute Gasteiger partial charge is 0.338 e. The number of nitrogens with one attached hydrogen (secondary N) is 1. The number of ether oxygens (including phenoxy) is 4. The summed E-state index contributed by atoms with van der Waals surface area (Å²) in [5.74, 6) is -1.01. The van der Waals surface area contributed by atoms with Crippen LogP contribution >= 0.6 is 0 Å². The van der Waals surface area contributed by atoms with Crippen LogP contribution in [0.3, 0.4) is 0 Å². The molecule has 5 unspecified atom stereocenters. The molecule has 8 heteroatoms. The molecular formula is C41H39NO7. The average molecular weight is 658 g/mol. The Kier molecular flexibility index (Phi) is 10.9. The molecule has 5 atom stereocenters. The monoisotopic (exact) mass is 657 g/mol. The van der Waals surface area contributed by atoms with Crippen molar-refractivity contribution in [2.24, 2.45) is 0 Å². The first-order chi connectivity index (χ1) is 24.0. The molecule has 1 saturated heterocycles. The third kappa shape index (κ3) is 7.80. The Hall–Kier alpha value is -5.12. The van der Waals surface area contributed by atoms with E-state index in [1.807, 2.05) is 127 Å². The lowest BCUT2D eigenvalue weighted by molar-refractivity contribution is -0.269. The largest absolute Gasteiger partial charge is 0.453 e. The molecule has 0 radical (unpaired) electrons. The van der Waals surface area contributed by atoms with Crippen LogP contribution in [0, 0.1) is 0 Å². The van der Waals surface area contributed by atoms with E-state index in [0.717, 1.165) is 22.3 Å². The number of carbonyl (C=O) groups is 2. The van der Waals surface area contributed by atoms with E-state index in [1.54, 1.807) is 24.3 Å². The first kappa shape index (κ1) is 33.8. The molecule has 5 aromatic rings. The molecule has 8 nitrogen and oxygen atoms in total. The second-order valence-corrected chi connectivity index (χ2v) is 11.9. The number of benzene rings is 5. The molecular weight excluding hydrogens is 618 g/mol. The molecule has 0 saturated carbocycles. The van der Waals surface area contributed by atoms with Crippen LogP contribution in [0.5, 0.6) is 0 Å². The van der Waals surface area contributed by atoms with Gasteiger partial charge in [0.1, 0.15) is 23.9 Å². The minimum atomic E-state index is -1.50.